The van der Waals surface area contributed by atoms with Gasteiger partial charge in [0.15, 0.2) is 0 Å². The van der Waals surface area contributed by atoms with Crippen molar-refractivity contribution in [2.75, 3.05) is 5.33 Å². The Hall–Kier alpha value is 0.440. The van der Waals surface area contributed by atoms with E-state index in [1.54, 1.807) is 0 Å². The molecule has 0 aromatic carbocycles. The van der Waals surface area contributed by atoms with Gasteiger partial charge in [0.05, 0.1) is 0 Å². The van der Waals surface area contributed by atoms with Crippen molar-refractivity contribution in [2.24, 2.45) is 5.73 Å². The number of unbranched alkanes of at least 4 members (excludes halogenated alkanes) is 1. The van der Waals surface area contributed by atoms with E-state index in [4.69, 9.17) is 5.73 Å². The predicted octanol–water partition coefficient (Wildman–Crippen LogP) is 2.29. The van der Waals surface area contributed by atoms with Gasteiger partial charge >= 0.3 is 0 Å². The highest BCUT2D eigenvalue weighted by Gasteiger charge is 2.08. The first-order chi connectivity index (χ1) is 4.06. The minimum absolute atomic E-state index is 0.0299. The van der Waals surface area contributed by atoms with Crippen molar-refractivity contribution in [2.45, 2.75) is 38.6 Å². The van der Waals surface area contributed by atoms with E-state index in [1.165, 1.54) is 12.8 Å². The fourth-order valence-electron chi connectivity index (χ4n) is 0.675. The first-order valence-electron chi connectivity index (χ1n) is 3.41. The number of hydrogen-bond acceptors (Lipinski definition) is 1. The lowest BCUT2D eigenvalue weighted by molar-refractivity contribution is 0.457. The van der Waals surface area contributed by atoms with Crippen LogP contribution in [0.25, 0.3) is 0 Å². The van der Waals surface area contributed by atoms with E-state index in [1.807, 2.05) is 0 Å². The summed E-state index contributed by atoms with van der Waals surface area (Å²) in [5.74, 6) is 0. The molecule has 0 aliphatic carbocycles. The largest absolute Gasteiger partial charge is 0.326 e. The molecule has 0 aromatic heterocycles. The highest BCUT2D eigenvalue weighted by atomic mass is 79.9. The van der Waals surface area contributed by atoms with Crippen LogP contribution in [0, 0.1) is 0 Å². The van der Waals surface area contributed by atoms with Gasteiger partial charge < -0.3 is 5.73 Å². The van der Waals surface area contributed by atoms with Gasteiger partial charge in [-0.1, -0.05) is 22.4 Å². The molecule has 0 radical (unpaired) electrons. The average Bonchev–Trinajstić information content (AvgIpc) is 1.63. The van der Waals surface area contributed by atoms with Gasteiger partial charge in [0.2, 0.25) is 0 Å². The Kier molecular flexibility index (Phi) is 4.50. The van der Waals surface area contributed by atoms with E-state index < -0.39 is 0 Å². The quantitative estimate of drug-likeness (QED) is 0.539. The molecule has 2 heteroatoms. The average molecular weight is 194 g/mol. The third-order valence-electron chi connectivity index (χ3n) is 1.20. The van der Waals surface area contributed by atoms with E-state index in [9.17, 15) is 0 Å². The molecular weight excluding hydrogens is 178 g/mol. The Morgan fingerprint density at radius 3 is 2.22 bits per heavy atom. The van der Waals surface area contributed by atoms with E-state index in [2.05, 4.69) is 29.8 Å². The summed E-state index contributed by atoms with van der Waals surface area (Å²) < 4.78 is 0. The second kappa shape index (κ2) is 4.29. The second-order valence-electron chi connectivity index (χ2n) is 3.13. The van der Waals surface area contributed by atoms with E-state index in [0.717, 1.165) is 11.8 Å². The number of halogens is 1. The zero-order chi connectivity index (χ0) is 7.33. The van der Waals surface area contributed by atoms with Crippen molar-refractivity contribution in [1.82, 2.24) is 0 Å². The monoisotopic (exact) mass is 193 g/mol. The van der Waals surface area contributed by atoms with Crippen LogP contribution in [0.4, 0.5) is 0 Å². The van der Waals surface area contributed by atoms with Gasteiger partial charge in [0.1, 0.15) is 0 Å². The maximum atomic E-state index is 5.76. The Bertz CT molecular complexity index is 65.8. The summed E-state index contributed by atoms with van der Waals surface area (Å²) in [5, 5.41) is 1.10. The summed E-state index contributed by atoms with van der Waals surface area (Å²) in [6.45, 7) is 4.14. The molecule has 2 N–H and O–H groups in total. The van der Waals surface area contributed by atoms with Crippen molar-refractivity contribution in [3.63, 3.8) is 0 Å². The molecule has 9 heavy (non-hydrogen) atoms. The molecular formula is C7H16BrN. The highest BCUT2D eigenvalue weighted by molar-refractivity contribution is 9.09. The van der Waals surface area contributed by atoms with Gasteiger partial charge in [-0.15, -0.1) is 0 Å². The third kappa shape index (κ3) is 8.44. The topological polar surface area (TPSA) is 26.0 Å². The van der Waals surface area contributed by atoms with Gasteiger partial charge in [-0.2, -0.15) is 0 Å². The van der Waals surface area contributed by atoms with Gasteiger partial charge in [-0.25, -0.2) is 0 Å². The molecule has 0 unspecified atom stereocenters. The van der Waals surface area contributed by atoms with Gasteiger partial charge in [-0.3, -0.25) is 0 Å². The number of nitrogens with two attached hydrogens (primary N) is 1. The van der Waals surface area contributed by atoms with Crippen LogP contribution < -0.4 is 5.73 Å². The summed E-state index contributed by atoms with van der Waals surface area (Å²) in [6, 6.07) is 0. The molecule has 0 aliphatic heterocycles. The molecule has 0 bridgehead atoms. The van der Waals surface area contributed by atoms with Crippen molar-refractivity contribution >= 4 is 15.9 Å². The molecule has 0 aliphatic rings. The maximum absolute atomic E-state index is 5.76. The first kappa shape index (κ1) is 9.44. The minimum Gasteiger partial charge on any atom is -0.326 e. The smallest absolute Gasteiger partial charge is 0.00970 e. The van der Waals surface area contributed by atoms with E-state index >= 15 is 0 Å². The SMILES string of the molecule is CC(C)(N)CCCCBr. The zero-order valence-electron chi connectivity index (χ0n) is 6.28. The van der Waals surface area contributed by atoms with Crippen LogP contribution in [-0.2, 0) is 0 Å². The van der Waals surface area contributed by atoms with Crippen molar-refractivity contribution in [1.29, 1.82) is 0 Å². The third-order valence-corrected chi connectivity index (χ3v) is 1.77. The first-order valence-corrected chi connectivity index (χ1v) is 4.53. The van der Waals surface area contributed by atoms with Crippen LogP contribution in [-0.4, -0.2) is 10.9 Å². The van der Waals surface area contributed by atoms with Crippen LogP contribution in [0.3, 0.4) is 0 Å². The highest BCUT2D eigenvalue weighted by Crippen LogP contribution is 2.09. The molecule has 0 saturated carbocycles. The summed E-state index contributed by atoms with van der Waals surface area (Å²) in [5.41, 5.74) is 5.79. The van der Waals surface area contributed by atoms with Crippen LogP contribution in [0.5, 0.6) is 0 Å². The molecule has 0 heterocycles. The fraction of sp³-hybridized carbons (Fsp3) is 1.00. The molecule has 0 fully saturated rings. The lowest BCUT2D eigenvalue weighted by Crippen LogP contribution is -2.31. The van der Waals surface area contributed by atoms with Gasteiger partial charge in [0.25, 0.3) is 0 Å². The van der Waals surface area contributed by atoms with E-state index in [-0.39, 0.29) is 5.54 Å². The fourth-order valence-corrected chi connectivity index (χ4v) is 1.07. The lowest BCUT2D eigenvalue weighted by atomic mass is 9.99. The second-order valence-corrected chi connectivity index (χ2v) is 3.93. The minimum atomic E-state index is 0.0299. The lowest BCUT2D eigenvalue weighted by Gasteiger charge is -2.17. The van der Waals surface area contributed by atoms with Gasteiger partial charge in [-0.05, 0) is 26.7 Å². The van der Waals surface area contributed by atoms with Gasteiger partial charge in [0, 0.05) is 10.9 Å². The molecule has 0 atom stereocenters. The Morgan fingerprint density at radius 1 is 1.33 bits per heavy atom. The maximum Gasteiger partial charge on any atom is 0.00970 e. The van der Waals surface area contributed by atoms with E-state index in [0.29, 0.717) is 0 Å². The van der Waals surface area contributed by atoms with Crippen LogP contribution >= 0.6 is 15.9 Å². The molecule has 0 saturated heterocycles. The summed E-state index contributed by atoms with van der Waals surface area (Å²) in [6.07, 6.45) is 3.59. The number of rotatable bonds is 4. The molecule has 0 amide bonds. The van der Waals surface area contributed by atoms with Crippen molar-refractivity contribution in [3.05, 3.63) is 0 Å². The normalized spacial score (nSPS) is 12.0. The molecule has 1 nitrogen and oxygen atoms in total. The Balaban J connectivity index is 3.07. The van der Waals surface area contributed by atoms with Crippen molar-refractivity contribution < 1.29 is 0 Å². The van der Waals surface area contributed by atoms with Crippen LogP contribution in [0.15, 0.2) is 0 Å². The number of hydrogen-bond donors (Lipinski definition) is 1. The summed E-state index contributed by atoms with van der Waals surface area (Å²) >= 11 is 3.38. The standard InChI is InChI=1S/C7H16BrN/c1-7(2,9)5-3-4-6-8/h3-6,9H2,1-2H3. The predicted molar refractivity (Wildman–Crippen MR) is 45.9 cm³/mol. The molecule has 0 spiro atoms. The summed E-state index contributed by atoms with van der Waals surface area (Å²) in [7, 11) is 0. The Morgan fingerprint density at radius 2 is 1.89 bits per heavy atom. The Labute approximate surface area is 66.1 Å². The van der Waals surface area contributed by atoms with Crippen LogP contribution in [0.1, 0.15) is 33.1 Å². The zero-order valence-corrected chi connectivity index (χ0v) is 7.87. The van der Waals surface area contributed by atoms with Crippen molar-refractivity contribution in [3.8, 4) is 0 Å². The molecule has 56 valence electrons. The molecule has 0 aromatic rings. The molecule has 0 rings (SSSR count). The van der Waals surface area contributed by atoms with Crippen LogP contribution in [0.2, 0.25) is 0 Å². The number of alkyl halides is 1. The summed E-state index contributed by atoms with van der Waals surface area (Å²) in [4.78, 5) is 0.